The lowest BCUT2D eigenvalue weighted by atomic mass is 9.55. The zero-order chi connectivity index (χ0) is 39.6. The summed E-state index contributed by atoms with van der Waals surface area (Å²) in [5.41, 5.74) is 21.0. The van der Waals surface area contributed by atoms with Crippen molar-refractivity contribution in [1.82, 2.24) is 0 Å². The molecule has 0 amide bonds. The highest BCUT2D eigenvalue weighted by Gasteiger charge is 2.53. The van der Waals surface area contributed by atoms with Gasteiger partial charge < -0.3 is 4.90 Å². The molecule has 9 aromatic carbocycles. The maximum absolute atomic E-state index is 2.44. The zero-order valence-corrected chi connectivity index (χ0v) is 33.3. The fourth-order valence-electron chi connectivity index (χ4n) is 10.2. The lowest BCUT2D eigenvalue weighted by molar-refractivity contribution is 0.563. The minimum Gasteiger partial charge on any atom is -0.310 e. The Morgan fingerprint density at radius 1 is 0.271 bits per heavy atom. The van der Waals surface area contributed by atoms with E-state index < -0.39 is 0 Å². The van der Waals surface area contributed by atoms with E-state index in [4.69, 9.17) is 0 Å². The standard InChI is InChI=1S/C58H43N/c1-57(2)53-24-11-13-26-55(53)58(56-27-14-12-25-54(56)57)51-23-10-9-22-49(51)50-39-45(32-37-52(50)58)43-30-35-47(36-31-43)59(46-33-28-42(29-34-46)40-16-5-3-6-17-40)48-21-15-20-44(38-48)41-18-7-4-8-19-41/h3-39H,1-2H3. The van der Waals surface area contributed by atoms with Crippen molar-refractivity contribution in [2.24, 2.45) is 0 Å². The van der Waals surface area contributed by atoms with E-state index in [1.54, 1.807) is 0 Å². The summed E-state index contributed by atoms with van der Waals surface area (Å²) >= 11 is 0. The molecule has 9 aromatic rings. The molecule has 0 radical (unpaired) electrons. The molecule has 11 rings (SSSR count). The first kappa shape index (κ1) is 35.0. The van der Waals surface area contributed by atoms with Crippen LogP contribution in [0.1, 0.15) is 47.2 Å². The fraction of sp³-hybridized carbons (Fsp3) is 0.0690. The Morgan fingerprint density at radius 2 is 0.678 bits per heavy atom. The van der Waals surface area contributed by atoms with Crippen LogP contribution in [-0.2, 0) is 10.8 Å². The van der Waals surface area contributed by atoms with Crippen molar-refractivity contribution in [3.05, 3.63) is 258 Å². The van der Waals surface area contributed by atoms with Gasteiger partial charge in [-0.1, -0.05) is 196 Å². The summed E-state index contributed by atoms with van der Waals surface area (Å²) < 4.78 is 0. The minimum absolute atomic E-state index is 0.113. The highest BCUT2D eigenvalue weighted by atomic mass is 15.1. The normalized spacial score (nSPS) is 13.9. The van der Waals surface area contributed by atoms with Crippen molar-refractivity contribution < 1.29 is 0 Å². The van der Waals surface area contributed by atoms with Crippen molar-refractivity contribution in [3.8, 4) is 44.5 Å². The smallest absolute Gasteiger partial charge is 0.0719 e. The highest BCUT2D eigenvalue weighted by molar-refractivity contribution is 5.91. The molecule has 0 heterocycles. The molecule has 0 saturated heterocycles. The van der Waals surface area contributed by atoms with Crippen LogP contribution < -0.4 is 4.90 Å². The van der Waals surface area contributed by atoms with Crippen molar-refractivity contribution in [2.45, 2.75) is 24.7 Å². The van der Waals surface area contributed by atoms with Gasteiger partial charge in [0.05, 0.1) is 5.41 Å². The summed E-state index contributed by atoms with van der Waals surface area (Å²) in [6, 6.07) is 82.7. The van der Waals surface area contributed by atoms with Gasteiger partial charge in [-0.25, -0.2) is 0 Å². The van der Waals surface area contributed by atoms with Crippen LogP contribution in [0.5, 0.6) is 0 Å². The topological polar surface area (TPSA) is 3.24 Å². The van der Waals surface area contributed by atoms with Crippen molar-refractivity contribution >= 4 is 17.1 Å². The van der Waals surface area contributed by atoms with Gasteiger partial charge in [-0.05, 0) is 120 Å². The Labute approximate surface area is 347 Å². The van der Waals surface area contributed by atoms with Crippen LogP contribution >= 0.6 is 0 Å². The lowest BCUT2D eigenvalue weighted by Gasteiger charge is -2.46. The molecule has 1 heteroatoms. The van der Waals surface area contributed by atoms with Gasteiger partial charge in [0.15, 0.2) is 0 Å². The number of hydrogen-bond acceptors (Lipinski definition) is 1. The molecule has 2 aliphatic rings. The summed E-state index contributed by atoms with van der Waals surface area (Å²) in [6.07, 6.45) is 0. The summed E-state index contributed by atoms with van der Waals surface area (Å²) in [7, 11) is 0. The number of benzene rings is 9. The Morgan fingerprint density at radius 3 is 1.27 bits per heavy atom. The van der Waals surface area contributed by atoms with E-state index >= 15 is 0 Å². The second-order valence-electron chi connectivity index (χ2n) is 16.5. The quantitative estimate of drug-likeness (QED) is 0.163. The second-order valence-corrected chi connectivity index (χ2v) is 16.5. The molecule has 59 heavy (non-hydrogen) atoms. The van der Waals surface area contributed by atoms with Gasteiger partial charge in [0.2, 0.25) is 0 Å². The Kier molecular flexibility index (Phi) is 8.13. The van der Waals surface area contributed by atoms with Gasteiger partial charge in [-0.2, -0.15) is 0 Å². The first-order valence-electron chi connectivity index (χ1n) is 20.7. The average molecular weight is 754 g/mol. The van der Waals surface area contributed by atoms with E-state index in [2.05, 4.69) is 243 Å². The molecule has 0 atom stereocenters. The van der Waals surface area contributed by atoms with Gasteiger partial charge in [0.25, 0.3) is 0 Å². The van der Waals surface area contributed by atoms with Crippen LogP contribution in [0.2, 0.25) is 0 Å². The average Bonchev–Trinajstić information content (AvgIpc) is 3.60. The van der Waals surface area contributed by atoms with Gasteiger partial charge in [-0.15, -0.1) is 0 Å². The molecular formula is C58H43N. The predicted octanol–water partition coefficient (Wildman–Crippen LogP) is 15.2. The minimum atomic E-state index is -0.387. The molecular weight excluding hydrogens is 711 g/mol. The molecule has 1 spiro atoms. The van der Waals surface area contributed by atoms with E-state index in [1.165, 1.54) is 77.9 Å². The summed E-state index contributed by atoms with van der Waals surface area (Å²) in [5, 5.41) is 0. The van der Waals surface area contributed by atoms with Crippen molar-refractivity contribution in [2.75, 3.05) is 4.90 Å². The van der Waals surface area contributed by atoms with E-state index in [9.17, 15) is 0 Å². The van der Waals surface area contributed by atoms with Crippen LogP contribution in [0.15, 0.2) is 224 Å². The van der Waals surface area contributed by atoms with Crippen LogP contribution in [0, 0.1) is 0 Å². The van der Waals surface area contributed by atoms with E-state index in [-0.39, 0.29) is 10.8 Å². The zero-order valence-electron chi connectivity index (χ0n) is 33.3. The predicted molar refractivity (Wildman–Crippen MR) is 247 cm³/mol. The third kappa shape index (κ3) is 5.46. The molecule has 0 unspecified atom stereocenters. The van der Waals surface area contributed by atoms with Crippen LogP contribution in [0.25, 0.3) is 44.5 Å². The molecule has 280 valence electrons. The molecule has 0 N–H and O–H groups in total. The van der Waals surface area contributed by atoms with Gasteiger partial charge in [0, 0.05) is 22.5 Å². The summed E-state index contributed by atoms with van der Waals surface area (Å²) in [5.74, 6) is 0. The molecule has 2 aliphatic carbocycles. The van der Waals surface area contributed by atoms with Gasteiger partial charge in [0.1, 0.15) is 0 Å². The van der Waals surface area contributed by atoms with Crippen LogP contribution in [0.4, 0.5) is 17.1 Å². The first-order chi connectivity index (χ1) is 29.0. The number of hydrogen-bond donors (Lipinski definition) is 0. The van der Waals surface area contributed by atoms with E-state index in [0.29, 0.717) is 0 Å². The Bertz CT molecular complexity index is 2940. The Hall–Kier alpha value is -7.22. The number of fused-ring (bicyclic) bond motifs is 9. The SMILES string of the molecule is CC1(C)c2ccccc2C2(c3ccccc3-c3cc(-c4ccc(N(c5ccc(-c6ccccc6)cc5)c5cccc(-c6ccccc6)c5)cc4)ccc32)c2ccccc21. The van der Waals surface area contributed by atoms with Crippen molar-refractivity contribution in [1.29, 1.82) is 0 Å². The third-order valence-electron chi connectivity index (χ3n) is 13.0. The van der Waals surface area contributed by atoms with Crippen molar-refractivity contribution in [3.63, 3.8) is 0 Å². The van der Waals surface area contributed by atoms with Gasteiger partial charge in [-0.3, -0.25) is 0 Å². The van der Waals surface area contributed by atoms with E-state index in [1.807, 2.05) is 0 Å². The number of nitrogens with zero attached hydrogens (tertiary/aromatic N) is 1. The molecule has 1 nitrogen and oxygen atoms in total. The second kappa shape index (κ2) is 13.7. The monoisotopic (exact) mass is 753 g/mol. The largest absolute Gasteiger partial charge is 0.310 e. The fourth-order valence-corrected chi connectivity index (χ4v) is 10.2. The van der Waals surface area contributed by atoms with E-state index in [0.717, 1.165) is 17.1 Å². The lowest BCUT2D eigenvalue weighted by Crippen LogP contribution is -2.40. The molecule has 0 aliphatic heterocycles. The molecule has 0 bridgehead atoms. The van der Waals surface area contributed by atoms with Gasteiger partial charge >= 0.3 is 0 Å². The highest BCUT2D eigenvalue weighted by Crippen LogP contribution is 2.62. The molecule has 0 fully saturated rings. The summed E-state index contributed by atoms with van der Waals surface area (Å²) in [6.45, 7) is 4.76. The Balaban J connectivity index is 1.02. The molecule has 0 saturated carbocycles. The first-order valence-corrected chi connectivity index (χ1v) is 20.7. The maximum atomic E-state index is 2.44. The third-order valence-corrected chi connectivity index (χ3v) is 13.0. The maximum Gasteiger partial charge on any atom is 0.0719 e. The van der Waals surface area contributed by atoms with Crippen LogP contribution in [0.3, 0.4) is 0 Å². The number of rotatable bonds is 6. The van der Waals surface area contributed by atoms with Crippen LogP contribution in [-0.4, -0.2) is 0 Å². The summed E-state index contributed by atoms with van der Waals surface area (Å²) in [4.78, 5) is 2.37. The number of anilines is 3. The molecule has 0 aromatic heterocycles.